The second kappa shape index (κ2) is 5.52. The van der Waals surface area contributed by atoms with Crippen molar-refractivity contribution in [1.82, 2.24) is 4.90 Å². The fourth-order valence-corrected chi connectivity index (χ4v) is 1.98. The molecule has 0 spiro atoms. The Balaban J connectivity index is 2.10. The van der Waals surface area contributed by atoms with Crippen LogP contribution in [0.15, 0.2) is 0 Å². The van der Waals surface area contributed by atoms with E-state index in [-0.39, 0.29) is 0 Å². The summed E-state index contributed by atoms with van der Waals surface area (Å²) in [6.45, 7) is 4.66. The summed E-state index contributed by atoms with van der Waals surface area (Å²) in [5.74, 6) is 0. The van der Waals surface area contributed by atoms with E-state index in [1.54, 1.807) is 0 Å². The van der Waals surface area contributed by atoms with Crippen molar-refractivity contribution < 1.29 is 0 Å². The van der Waals surface area contributed by atoms with Crippen LogP contribution in [0.4, 0.5) is 0 Å². The second-order valence-electron chi connectivity index (χ2n) is 3.55. The molecule has 0 amide bonds. The Hall–Kier alpha value is -0.110. The lowest BCUT2D eigenvalue weighted by atomic mass is 10.2. The fraction of sp³-hybridized carbons (Fsp3) is 0.900. The molecule has 0 saturated carbocycles. The molecule has 0 aromatic rings. The van der Waals surface area contributed by atoms with Gasteiger partial charge in [0.05, 0.1) is 4.99 Å². The van der Waals surface area contributed by atoms with E-state index in [1.807, 2.05) is 0 Å². The molecule has 0 aromatic carbocycles. The number of rotatable bonds is 4. The monoisotopic (exact) mass is 185 g/mol. The van der Waals surface area contributed by atoms with Gasteiger partial charge in [0.1, 0.15) is 0 Å². The van der Waals surface area contributed by atoms with Gasteiger partial charge in [-0.1, -0.05) is 32.0 Å². The Kier molecular flexibility index (Phi) is 4.59. The van der Waals surface area contributed by atoms with Gasteiger partial charge in [0.2, 0.25) is 0 Å². The molecule has 0 bridgehead atoms. The molecule has 0 aromatic heterocycles. The number of nitrogens with zero attached hydrogens (tertiary/aromatic N) is 1. The van der Waals surface area contributed by atoms with E-state index in [4.69, 9.17) is 12.2 Å². The lowest BCUT2D eigenvalue weighted by Crippen LogP contribution is -2.25. The van der Waals surface area contributed by atoms with Crippen LogP contribution in [0.3, 0.4) is 0 Å². The van der Waals surface area contributed by atoms with E-state index in [1.165, 1.54) is 50.2 Å². The first-order valence-electron chi connectivity index (χ1n) is 5.12. The molecule has 1 rings (SSSR count). The molecule has 1 aliphatic heterocycles. The molecule has 0 atom stereocenters. The SMILES string of the molecule is CCCCCC(=S)N1CCCC1. The van der Waals surface area contributed by atoms with Gasteiger partial charge in [0, 0.05) is 13.1 Å². The van der Waals surface area contributed by atoms with Gasteiger partial charge in [-0.15, -0.1) is 0 Å². The molecular formula is C10H19NS. The first kappa shape index (κ1) is 9.97. The highest BCUT2D eigenvalue weighted by molar-refractivity contribution is 7.80. The molecular weight excluding hydrogens is 166 g/mol. The molecule has 12 heavy (non-hydrogen) atoms. The number of thiocarbonyl (C=S) groups is 1. The molecule has 1 saturated heterocycles. The highest BCUT2D eigenvalue weighted by Crippen LogP contribution is 2.12. The predicted octanol–water partition coefficient (Wildman–Crippen LogP) is 2.99. The summed E-state index contributed by atoms with van der Waals surface area (Å²) < 4.78 is 0. The minimum Gasteiger partial charge on any atom is -0.366 e. The van der Waals surface area contributed by atoms with E-state index in [0.717, 1.165) is 6.42 Å². The lowest BCUT2D eigenvalue weighted by Gasteiger charge is -2.17. The van der Waals surface area contributed by atoms with Gasteiger partial charge >= 0.3 is 0 Å². The van der Waals surface area contributed by atoms with Gasteiger partial charge < -0.3 is 4.90 Å². The standard InChI is InChI=1S/C10H19NS/c1-2-3-4-7-10(12)11-8-5-6-9-11/h2-9H2,1H3. The van der Waals surface area contributed by atoms with Gasteiger partial charge in [0.25, 0.3) is 0 Å². The van der Waals surface area contributed by atoms with Crippen LogP contribution >= 0.6 is 12.2 Å². The fourth-order valence-electron chi connectivity index (χ4n) is 1.65. The van der Waals surface area contributed by atoms with Crippen molar-refractivity contribution in [3.05, 3.63) is 0 Å². The Morgan fingerprint density at radius 2 is 1.92 bits per heavy atom. The molecule has 0 N–H and O–H groups in total. The van der Waals surface area contributed by atoms with Crippen molar-refractivity contribution in [3.63, 3.8) is 0 Å². The smallest absolute Gasteiger partial charge is 0.0779 e. The first-order chi connectivity index (χ1) is 5.84. The van der Waals surface area contributed by atoms with Crippen LogP contribution in [0.25, 0.3) is 0 Å². The topological polar surface area (TPSA) is 3.24 Å². The van der Waals surface area contributed by atoms with Gasteiger partial charge in [-0.3, -0.25) is 0 Å². The zero-order valence-electron chi connectivity index (χ0n) is 8.01. The molecule has 0 unspecified atom stereocenters. The molecule has 0 aliphatic carbocycles. The van der Waals surface area contributed by atoms with E-state index < -0.39 is 0 Å². The Labute approximate surface area is 81.1 Å². The third kappa shape index (κ3) is 3.10. The van der Waals surface area contributed by atoms with E-state index in [2.05, 4.69) is 11.8 Å². The summed E-state index contributed by atoms with van der Waals surface area (Å²) in [6, 6.07) is 0. The summed E-state index contributed by atoms with van der Waals surface area (Å²) in [6.07, 6.45) is 7.73. The maximum Gasteiger partial charge on any atom is 0.0779 e. The van der Waals surface area contributed by atoms with Crippen LogP contribution in [0.5, 0.6) is 0 Å². The molecule has 1 heterocycles. The number of hydrogen-bond acceptors (Lipinski definition) is 1. The van der Waals surface area contributed by atoms with Crippen molar-refractivity contribution in [2.24, 2.45) is 0 Å². The maximum atomic E-state index is 5.35. The zero-order valence-corrected chi connectivity index (χ0v) is 8.83. The third-order valence-electron chi connectivity index (χ3n) is 2.45. The Morgan fingerprint density at radius 3 is 2.50 bits per heavy atom. The highest BCUT2D eigenvalue weighted by Gasteiger charge is 2.13. The van der Waals surface area contributed by atoms with Gasteiger partial charge in [0.15, 0.2) is 0 Å². The Bertz CT molecular complexity index is 139. The third-order valence-corrected chi connectivity index (χ3v) is 2.92. The minimum atomic E-state index is 1.14. The highest BCUT2D eigenvalue weighted by atomic mass is 32.1. The molecule has 1 nitrogen and oxygen atoms in total. The number of unbranched alkanes of at least 4 members (excludes halogenated alkanes) is 2. The average Bonchev–Trinajstić information content (AvgIpc) is 2.56. The normalized spacial score (nSPS) is 16.9. The van der Waals surface area contributed by atoms with Gasteiger partial charge in [-0.25, -0.2) is 0 Å². The zero-order chi connectivity index (χ0) is 8.81. The van der Waals surface area contributed by atoms with Crippen molar-refractivity contribution in [3.8, 4) is 0 Å². The summed E-state index contributed by atoms with van der Waals surface area (Å²) in [5, 5.41) is 0. The van der Waals surface area contributed by atoms with E-state index >= 15 is 0 Å². The van der Waals surface area contributed by atoms with Crippen molar-refractivity contribution >= 4 is 17.2 Å². The molecule has 0 radical (unpaired) electrons. The van der Waals surface area contributed by atoms with Crippen LogP contribution in [0.2, 0.25) is 0 Å². The van der Waals surface area contributed by atoms with Crippen LogP contribution < -0.4 is 0 Å². The van der Waals surface area contributed by atoms with Crippen LogP contribution in [0.1, 0.15) is 45.4 Å². The minimum absolute atomic E-state index is 1.14. The number of likely N-dealkylation sites (tertiary alicyclic amines) is 1. The quantitative estimate of drug-likeness (QED) is 0.489. The molecule has 70 valence electrons. The van der Waals surface area contributed by atoms with Crippen LogP contribution in [0, 0.1) is 0 Å². The lowest BCUT2D eigenvalue weighted by molar-refractivity contribution is 0.512. The van der Waals surface area contributed by atoms with Crippen molar-refractivity contribution in [2.75, 3.05) is 13.1 Å². The van der Waals surface area contributed by atoms with E-state index in [9.17, 15) is 0 Å². The molecule has 2 heteroatoms. The Morgan fingerprint density at radius 1 is 1.25 bits per heavy atom. The van der Waals surface area contributed by atoms with E-state index in [0.29, 0.717) is 0 Å². The summed E-state index contributed by atoms with van der Waals surface area (Å²) >= 11 is 5.35. The van der Waals surface area contributed by atoms with Crippen LogP contribution in [-0.4, -0.2) is 23.0 Å². The predicted molar refractivity (Wildman–Crippen MR) is 57.5 cm³/mol. The molecule has 1 fully saturated rings. The molecule has 1 aliphatic rings. The summed E-state index contributed by atoms with van der Waals surface area (Å²) in [4.78, 5) is 3.59. The van der Waals surface area contributed by atoms with Gasteiger partial charge in [-0.05, 0) is 25.7 Å². The van der Waals surface area contributed by atoms with Crippen molar-refractivity contribution in [1.29, 1.82) is 0 Å². The summed E-state index contributed by atoms with van der Waals surface area (Å²) in [5.41, 5.74) is 0. The van der Waals surface area contributed by atoms with Crippen LogP contribution in [-0.2, 0) is 0 Å². The first-order valence-corrected chi connectivity index (χ1v) is 5.53. The maximum absolute atomic E-state index is 5.35. The van der Waals surface area contributed by atoms with Gasteiger partial charge in [-0.2, -0.15) is 0 Å². The van der Waals surface area contributed by atoms with Crippen molar-refractivity contribution in [2.45, 2.75) is 45.4 Å². The summed E-state index contributed by atoms with van der Waals surface area (Å²) in [7, 11) is 0. The largest absolute Gasteiger partial charge is 0.366 e. The average molecular weight is 185 g/mol. The number of hydrogen-bond donors (Lipinski definition) is 0. The second-order valence-corrected chi connectivity index (χ2v) is 4.02.